The largest absolute Gasteiger partial charge is 0.339 e. The van der Waals surface area contributed by atoms with Crippen molar-refractivity contribution in [2.75, 3.05) is 13.1 Å². The predicted octanol–water partition coefficient (Wildman–Crippen LogP) is 4.11. The minimum Gasteiger partial charge on any atom is -0.339 e. The van der Waals surface area contributed by atoms with Crippen LogP contribution in [0.2, 0.25) is 0 Å². The minimum absolute atomic E-state index is 0.162. The second-order valence-electron chi connectivity index (χ2n) is 6.66. The van der Waals surface area contributed by atoms with Crippen LogP contribution in [0.25, 0.3) is 10.9 Å². The first-order chi connectivity index (χ1) is 10.5. The number of aryl methyl sites for hydroxylation is 2. The molecule has 1 aromatic carbocycles. The zero-order chi connectivity index (χ0) is 15.7. The topological polar surface area (TPSA) is 33.2 Å². The summed E-state index contributed by atoms with van der Waals surface area (Å²) < 4.78 is 0. The van der Waals surface area contributed by atoms with Crippen molar-refractivity contribution in [3.05, 3.63) is 41.1 Å². The van der Waals surface area contributed by atoms with Crippen LogP contribution in [0.4, 0.5) is 0 Å². The molecular weight excluding hydrogens is 272 g/mol. The molecule has 116 valence electrons. The Morgan fingerprint density at radius 2 is 2.00 bits per heavy atom. The van der Waals surface area contributed by atoms with Crippen molar-refractivity contribution in [3.8, 4) is 0 Å². The molecule has 2 heterocycles. The zero-order valence-electron chi connectivity index (χ0n) is 13.7. The number of carbonyl (C=O) groups is 1. The molecule has 0 aliphatic carbocycles. The lowest BCUT2D eigenvalue weighted by Gasteiger charge is -2.21. The fraction of sp³-hybridized carbons (Fsp3) is 0.474. The Labute approximate surface area is 132 Å². The lowest BCUT2D eigenvalue weighted by Crippen LogP contribution is -2.32. The summed E-state index contributed by atoms with van der Waals surface area (Å²) in [5, 5.41) is 0.980. The number of hydrogen-bond acceptors (Lipinski definition) is 2. The van der Waals surface area contributed by atoms with Crippen LogP contribution in [0.15, 0.2) is 24.3 Å². The number of aromatic nitrogens is 1. The van der Waals surface area contributed by atoms with Crippen LogP contribution < -0.4 is 0 Å². The second kappa shape index (κ2) is 6.07. The number of amides is 1. The van der Waals surface area contributed by atoms with Crippen molar-refractivity contribution in [3.63, 3.8) is 0 Å². The van der Waals surface area contributed by atoms with E-state index in [1.165, 1.54) is 6.42 Å². The Morgan fingerprint density at radius 1 is 1.18 bits per heavy atom. The summed E-state index contributed by atoms with van der Waals surface area (Å²) in [5.41, 5.74) is 3.79. The summed E-state index contributed by atoms with van der Waals surface area (Å²) in [6, 6.07) is 8.09. The summed E-state index contributed by atoms with van der Waals surface area (Å²) in [7, 11) is 0. The number of nitrogens with zero attached hydrogens (tertiary/aromatic N) is 2. The number of hydrogen-bond donors (Lipinski definition) is 0. The quantitative estimate of drug-likeness (QED) is 0.793. The molecule has 0 N–H and O–H groups in total. The molecule has 2 aromatic rings. The Bertz CT molecular complexity index is 708. The number of fused-ring (bicyclic) bond motifs is 1. The van der Waals surface area contributed by atoms with Crippen molar-refractivity contribution in [1.29, 1.82) is 0 Å². The smallest absolute Gasteiger partial charge is 0.254 e. The van der Waals surface area contributed by atoms with Gasteiger partial charge in [0.1, 0.15) is 0 Å². The molecule has 1 aliphatic heterocycles. The fourth-order valence-electron chi connectivity index (χ4n) is 3.29. The van der Waals surface area contributed by atoms with Crippen molar-refractivity contribution < 1.29 is 4.79 Å². The van der Waals surface area contributed by atoms with Crippen LogP contribution in [-0.2, 0) is 0 Å². The van der Waals surface area contributed by atoms with Crippen molar-refractivity contribution in [2.45, 2.75) is 40.0 Å². The third-order valence-corrected chi connectivity index (χ3v) is 4.63. The molecule has 3 rings (SSSR count). The number of pyridine rings is 1. The van der Waals surface area contributed by atoms with E-state index in [-0.39, 0.29) is 5.91 Å². The van der Waals surface area contributed by atoms with E-state index >= 15 is 0 Å². The standard InChI is InChI=1S/C19H24N2O/c1-13-5-4-9-21(10-8-13)19(22)17-12-15(3)20-18-7-6-14(2)11-16(17)18/h6-7,11-13H,4-5,8-10H2,1-3H3. The van der Waals surface area contributed by atoms with Gasteiger partial charge in [-0.05, 0) is 57.2 Å². The molecule has 0 bridgehead atoms. The highest BCUT2D eigenvalue weighted by atomic mass is 16.2. The highest BCUT2D eigenvalue weighted by Crippen LogP contribution is 2.24. The molecule has 1 atom stereocenters. The highest BCUT2D eigenvalue weighted by molar-refractivity contribution is 6.06. The molecule has 0 radical (unpaired) electrons. The first kappa shape index (κ1) is 15.0. The van der Waals surface area contributed by atoms with Gasteiger partial charge in [0.15, 0.2) is 0 Å². The van der Waals surface area contributed by atoms with Gasteiger partial charge < -0.3 is 4.90 Å². The van der Waals surface area contributed by atoms with Gasteiger partial charge in [0, 0.05) is 24.2 Å². The molecule has 1 aromatic heterocycles. The number of benzene rings is 1. The molecule has 3 heteroatoms. The molecule has 1 fully saturated rings. The number of likely N-dealkylation sites (tertiary alicyclic amines) is 1. The van der Waals surface area contributed by atoms with Crippen LogP contribution in [-0.4, -0.2) is 28.9 Å². The van der Waals surface area contributed by atoms with Crippen LogP contribution >= 0.6 is 0 Å². The maximum absolute atomic E-state index is 13.0. The molecule has 0 spiro atoms. The normalized spacial score (nSPS) is 19.2. The Kier molecular flexibility index (Phi) is 4.14. The molecule has 1 saturated heterocycles. The Balaban J connectivity index is 2.01. The third-order valence-electron chi connectivity index (χ3n) is 4.63. The molecule has 1 amide bonds. The van der Waals surface area contributed by atoms with Gasteiger partial charge >= 0.3 is 0 Å². The van der Waals surface area contributed by atoms with Gasteiger partial charge in [-0.2, -0.15) is 0 Å². The summed E-state index contributed by atoms with van der Waals surface area (Å²) in [4.78, 5) is 19.6. The first-order valence-electron chi connectivity index (χ1n) is 8.22. The van der Waals surface area contributed by atoms with Crippen molar-refractivity contribution >= 4 is 16.8 Å². The van der Waals surface area contributed by atoms with Crippen LogP contribution in [0, 0.1) is 19.8 Å². The van der Waals surface area contributed by atoms with Gasteiger partial charge in [-0.3, -0.25) is 9.78 Å². The van der Waals surface area contributed by atoms with Crippen LogP contribution in [0.3, 0.4) is 0 Å². The second-order valence-corrected chi connectivity index (χ2v) is 6.66. The Hall–Kier alpha value is -1.90. The van der Waals surface area contributed by atoms with Gasteiger partial charge in [-0.1, -0.05) is 18.6 Å². The molecular formula is C19H24N2O. The predicted molar refractivity (Wildman–Crippen MR) is 90.1 cm³/mol. The van der Waals surface area contributed by atoms with Crippen molar-refractivity contribution in [2.24, 2.45) is 5.92 Å². The van der Waals surface area contributed by atoms with E-state index in [1.807, 2.05) is 24.0 Å². The zero-order valence-corrected chi connectivity index (χ0v) is 13.7. The fourth-order valence-corrected chi connectivity index (χ4v) is 3.29. The average molecular weight is 296 g/mol. The van der Waals surface area contributed by atoms with Crippen LogP contribution in [0.5, 0.6) is 0 Å². The van der Waals surface area contributed by atoms with E-state index in [0.29, 0.717) is 0 Å². The maximum atomic E-state index is 13.0. The third kappa shape index (κ3) is 2.99. The van der Waals surface area contributed by atoms with Crippen molar-refractivity contribution in [1.82, 2.24) is 9.88 Å². The molecule has 1 aliphatic rings. The van der Waals surface area contributed by atoms with E-state index in [1.54, 1.807) is 0 Å². The molecule has 3 nitrogen and oxygen atoms in total. The molecule has 0 saturated carbocycles. The summed E-state index contributed by atoms with van der Waals surface area (Å²) in [6.45, 7) is 8.04. The van der Waals surface area contributed by atoms with E-state index in [0.717, 1.165) is 59.6 Å². The SMILES string of the molecule is Cc1ccc2nc(C)cc(C(=O)N3CCCC(C)CC3)c2c1. The lowest BCUT2D eigenvalue weighted by molar-refractivity contribution is 0.0762. The maximum Gasteiger partial charge on any atom is 0.254 e. The minimum atomic E-state index is 0.162. The van der Waals surface area contributed by atoms with E-state index < -0.39 is 0 Å². The lowest BCUT2D eigenvalue weighted by atomic mass is 10.0. The van der Waals surface area contributed by atoms with Gasteiger partial charge in [0.05, 0.1) is 11.1 Å². The number of rotatable bonds is 1. The first-order valence-corrected chi connectivity index (χ1v) is 8.22. The number of carbonyl (C=O) groups excluding carboxylic acids is 1. The summed E-state index contributed by atoms with van der Waals surface area (Å²) in [5.74, 6) is 0.881. The summed E-state index contributed by atoms with van der Waals surface area (Å²) in [6.07, 6.45) is 3.43. The van der Waals surface area contributed by atoms with E-state index in [9.17, 15) is 4.79 Å². The van der Waals surface area contributed by atoms with Gasteiger partial charge in [0.25, 0.3) is 5.91 Å². The van der Waals surface area contributed by atoms with E-state index in [4.69, 9.17) is 0 Å². The Morgan fingerprint density at radius 3 is 2.82 bits per heavy atom. The molecule has 22 heavy (non-hydrogen) atoms. The average Bonchev–Trinajstić information content (AvgIpc) is 2.71. The highest BCUT2D eigenvalue weighted by Gasteiger charge is 2.21. The monoisotopic (exact) mass is 296 g/mol. The van der Waals surface area contributed by atoms with Gasteiger partial charge in [-0.15, -0.1) is 0 Å². The van der Waals surface area contributed by atoms with Gasteiger partial charge in [0.2, 0.25) is 0 Å². The summed E-state index contributed by atoms with van der Waals surface area (Å²) >= 11 is 0. The van der Waals surface area contributed by atoms with Crippen LogP contribution in [0.1, 0.15) is 47.8 Å². The molecule has 1 unspecified atom stereocenters. The van der Waals surface area contributed by atoms with E-state index in [2.05, 4.69) is 31.0 Å². The van der Waals surface area contributed by atoms with Gasteiger partial charge in [-0.25, -0.2) is 0 Å².